The van der Waals surface area contributed by atoms with Crippen molar-refractivity contribution in [1.29, 1.82) is 0 Å². The maximum Gasteiger partial charge on any atom is 0.0486 e. The topological polar surface area (TPSA) is 21.1 Å². The van der Waals surface area contributed by atoms with Crippen molar-refractivity contribution in [1.82, 2.24) is 14.5 Å². The Hall–Kier alpha value is -2.13. The van der Waals surface area contributed by atoms with Crippen LogP contribution in [0.5, 0.6) is 0 Å². The molecule has 0 fully saturated rings. The number of pyridine rings is 1. The maximum atomic E-state index is 4.49. The third kappa shape index (κ3) is 2.44. The molecule has 0 saturated carbocycles. The van der Waals surface area contributed by atoms with Gasteiger partial charge in [-0.3, -0.25) is 9.88 Å². The van der Waals surface area contributed by atoms with Gasteiger partial charge in [-0.15, -0.1) is 0 Å². The Balaban J connectivity index is 1.79. The highest BCUT2D eigenvalue weighted by molar-refractivity contribution is 5.86. The predicted octanol–water partition coefficient (Wildman–Crippen LogP) is 4.22. The van der Waals surface area contributed by atoms with Crippen molar-refractivity contribution in [3.8, 4) is 0 Å². The highest BCUT2D eigenvalue weighted by Crippen LogP contribution is 2.38. The number of hydrogen-bond acceptors (Lipinski definition) is 2. The average Bonchev–Trinajstić information content (AvgIpc) is 2.92. The molecule has 1 aliphatic heterocycles. The third-order valence-electron chi connectivity index (χ3n) is 5.65. The van der Waals surface area contributed by atoms with Crippen LogP contribution in [0.4, 0.5) is 0 Å². The van der Waals surface area contributed by atoms with Crippen LogP contribution >= 0.6 is 0 Å². The third-order valence-corrected chi connectivity index (χ3v) is 5.65. The van der Waals surface area contributed by atoms with E-state index in [0.717, 1.165) is 25.1 Å². The molecule has 24 heavy (non-hydrogen) atoms. The summed E-state index contributed by atoms with van der Waals surface area (Å²) >= 11 is 0. The van der Waals surface area contributed by atoms with Crippen molar-refractivity contribution in [2.45, 2.75) is 45.3 Å². The molecule has 2 atom stereocenters. The van der Waals surface area contributed by atoms with E-state index in [0.29, 0.717) is 12.1 Å². The van der Waals surface area contributed by atoms with Crippen LogP contribution < -0.4 is 0 Å². The minimum atomic E-state index is 0.463. The van der Waals surface area contributed by atoms with Crippen LogP contribution in [-0.4, -0.2) is 27.5 Å². The standard InChI is InChI=1S/C21H25N3/c1-15-14-20-21(16(2)23(15)3)18-9-4-5-10-19(18)24(20)13-11-17-8-6-7-12-22-17/h4-10,12,15-16H,11,13-14H2,1-3H3. The van der Waals surface area contributed by atoms with Gasteiger partial charge in [0.2, 0.25) is 0 Å². The number of aryl methyl sites for hydroxylation is 2. The van der Waals surface area contributed by atoms with Gasteiger partial charge in [-0.05, 0) is 44.7 Å². The molecule has 3 heterocycles. The molecule has 1 aliphatic rings. The molecule has 124 valence electrons. The molecule has 1 aromatic carbocycles. The quantitative estimate of drug-likeness (QED) is 0.721. The Morgan fingerprint density at radius 3 is 2.67 bits per heavy atom. The smallest absolute Gasteiger partial charge is 0.0486 e. The van der Waals surface area contributed by atoms with Gasteiger partial charge in [0.25, 0.3) is 0 Å². The van der Waals surface area contributed by atoms with Crippen molar-refractivity contribution in [2.24, 2.45) is 0 Å². The molecular weight excluding hydrogens is 294 g/mol. The van der Waals surface area contributed by atoms with Crippen molar-refractivity contribution in [2.75, 3.05) is 7.05 Å². The molecule has 4 rings (SSSR count). The first-order chi connectivity index (χ1) is 11.7. The van der Waals surface area contributed by atoms with Gasteiger partial charge < -0.3 is 4.57 Å². The molecule has 0 saturated heterocycles. The second kappa shape index (κ2) is 6.06. The number of hydrogen-bond donors (Lipinski definition) is 0. The largest absolute Gasteiger partial charge is 0.344 e. The second-order valence-corrected chi connectivity index (χ2v) is 6.99. The molecule has 0 spiro atoms. The highest BCUT2D eigenvalue weighted by Gasteiger charge is 2.31. The lowest BCUT2D eigenvalue weighted by Crippen LogP contribution is -2.38. The lowest BCUT2D eigenvalue weighted by molar-refractivity contribution is 0.177. The molecule has 2 unspecified atom stereocenters. The molecule has 0 bridgehead atoms. The van der Waals surface area contributed by atoms with Crippen molar-refractivity contribution < 1.29 is 0 Å². The maximum absolute atomic E-state index is 4.49. The number of aromatic nitrogens is 2. The number of para-hydroxylation sites is 1. The number of rotatable bonds is 3. The summed E-state index contributed by atoms with van der Waals surface area (Å²) in [5.41, 5.74) is 5.57. The Kier molecular flexibility index (Phi) is 3.89. The van der Waals surface area contributed by atoms with Gasteiger partial charge in [-0.2, -0.15) is 0 Å². The molecule has 0 amide bonds. The van der Waals surface area contributed by atoms with Crippen LogP contribution in [0.3, 0.4) is 0 Å². The lowest BCUT2D eigenvalue weighted by Gasteiger charge is -2.36. The van der Waals surface area contributed by atoms with Crippen LogP contribution in [0.15, 0.2) is 48.7 Å². The Morgan fingerprint density at radius 2 is 1.88 bits per heavy atom. The van der Waals surface area contributed by atoms with E-state index in [2.05, 4.69) is 71.7 Å². The summed E-state index contributed by atoms with van der Waals surface area (Å²) < 4.78 is 2.54. The molecular formula is C21H25N3. The van der Waals surface area contributed by atoms with Crippen molar-refractivity contribution >= 4 is 10.9 Å². The first-order valence-corrected chi connectivity index (χ1v) is 8.88. The fourth-order valence-electron chi connectivity index (χ4n) is 4.11. The summed E-state index contributed by atoms with van der Waals surface area (Å²) in [6.07, 6.45) is 3.98. The van der Waals surface area contributed by atoms with Crippen LogP contribution in [0, 0.1) is 0 Å². The highest BCUT2D eigenvalue weighted by atomic mass is 15.2. The number of benzene rings is 1. The van der Waals surface area contributed by atoms with E-state index in [1.807, 2.05) is 12.3 Å². The molecule has 3 nitrogen and oxygen atoms in total. The molecule has 0 aliphatic carbocycles. The second-order valence-electron chi connectivity index (χ2n) is 6.99. The van der Waals surface area contributed by atoms with Gasteiger partial charge in [-0.1, -0.05) is 24.3 Å². The van der Waals surface area contributed by atoms with Gasteiger partial charge in [0.15, 0.2) is 0 Å². The van der Waals surface area contributed by atoms with E-state index in [9.17, 15) is 0 Å². The van der Waals surface area contributed by atoms with E-state index in [1.165, 1.54) is 22.2 Å². The van der Waals surface area contributed by atoms with Crippen LogP contribution in [-0.2, 0) is 19.4 Å². The lowest BCUT2D eigenvalue weighted by atomic mass is 9.93. The van der Waals surface area contributed by atoms with Gasteiger partial charge in [0.05, 0.1) is 0 Å². The summed E-state index contributed by atoms with van der Waals surface area (Å²) in [5.74, 6) is 0. The zero-order valence-electron chi connectivity index (χ0n) is 14.7. The molecule has 0 N–H and O–H groups in total. The van der Waals surface area contributed by atoms with E-state index < -0.39 is 0 Å². The van der Waals surface area contributed by atoms with E-state index >= 15 is 0 Å². The molecule has 0 radical (unpaired) electrons. The van der Waals surface area contributed by atoms with Gasteiger partial charge in [0.1, 0.15) is 0 Å². The number of nitrogens with zero attached hydrogens (tertiary/aromatic N) is 3. The Bertz CT molecular complexity index is 850. The SMILES string of the molecule is CC1Cc2c(c3ccccc3n2CCc2ccccn2)C(C)N1C. The molecule has 3 aromatic rings. The molecule has 2 aromatic heterocycles. The first-order valence-electron chi connectivity index (χ1n) is 8.88. The Labute approximate surface area is 143 Å². The number of likely N-dealkylation sites (N-methyl/N-ethyl adjacent to an activating group) is 1. The first kappa shape index (κ1) is 15.4. The zero-order chi connectivity index (χ0) is 16.7. The average molecular weight is 319 g/mol. The van der Waals surface area contributed by atoms with Crippen LogP contribution in [0.2, 0.25) is 0 Å². The van der Waals surface area contributed by atoms with Crippen molar-refractivity contribution in [3.05, 3.63) is 65.6 Å². The minimum Gasteiger partial charge on any atom is -0.344 e. The normalized spacial score (nSPS) is 21.1. The molecule has 3 heteroatoms. The van der Waals surface area contributed by atoms with Gasteiger partial charge in [-0.25, -0.2) is 0 Å². The Morgan fingerprint density at radius 1 is 1.08 bits per heavy atom. The zero-order valence-corrected chi connectivity index (χ0v) is 14.7. The summed E-state index contributed by atoms with van der Waals surface area (Å²) in [7, 11) is 2.25. The fourth-order valence-corrected chi connectivity index (χ4v) is 4.11. The van der Waals surface area contributed by atoms with Crippen LogP contribution in [0.25, 0.3) is 10.9 Å². The fraction of sp³-hybridized carbons (Fsp3) is 0.381. The van der Waals surface area contributed by atoms with E-state index in [1.54, 1.807) is 0 Å². The monoisotopic (exact) mass is 319 g/mol. The van der Waals surface area contributed by atoms with E-state index in [-0.39, 0.29) is 0 Å². The summed E-state index contributed by atoms with van der Waals surface area (Å²) in [6, 6.07) is 16.1. The van der Waals surface area contributed by atoms with Crippen molar-refractivity contribution in [3.63, 3.8) is 0 Å². The number of fused-ring (bicyclic) bond motifs is 3. The summed E-state index contributed by atoms with van der Waals surface area (Å²) in [5, 5.41) is 1.42. The minimum absolute atomic E-state index is 0.463. The van der Waals surface area contributed by atoms with Crippen LogP contribution in [0.1, 0.15) is 36.8 Å². The predicted molar refractivity (Wildman–Crippen MR) is 99.2 cm³/mol. The van der Waals surface area contributed by atoms with Gasteiger partial charge in [0, 0.05) is 60.0 Å². The summed E-state index contributed by atoms with van der Waals surface area (Å²) in [6.45, 7) is 5.67. The summed E-state index contributed by atoms with van der Waals surface area (Å²) in [4.78, 5) is 6.99. The van der Waals surface area contributed by atoms with E-state index in [4.69, 9.17) is 0 Å². The van der Waals surface area contributed by atoms with Gasteiger partial charge >= 0.3 is 0 Å².